The summed E-state index contributed by atoms with van der Waals surface area (Å²) in [6.07, 6.45) is 0. The second-order valence-electron chi connectivity index (χ2n) is 2.79. The first-order valence-electron chi connectivity index (χ1n) is 3.74. The fourth-order valence-electron chi connectivity index (χ4n) is 1.03. The number of nitrogens with zero attached hydrogens (tertiary/aromatic N) is 1. The van der Waals surface area contributed by atoms with E-state index in [1.165, 1.54) is 12.1 Å². The molecule has 4 heteroatoms. The highest BCUT2D eigenvalue weighted by Crippen LogP contribution is 2.28. The van der Waals surface area contributed by atoms with Gasteiger partial charge in [-0.15, -0.1) is 0 Å². The number of benzene rings is 1. The molecule has 0 saturated carbocycles. The number of nitriles is 1. The van der Waals surface area contributed by atoms with Crippen LogP contribution in [0.3, 0.4) is 0 Å². The Morgan fingerprint density at radius 1 is 1.62 bits per heavy atom. The van der Waals surface area contributed by atoms with Crippen molar-refractivity contribution in [1.29, 1.82) is 5.26 Å². The molecule has 3 N–H and O–H groups in total. The van der Waals surface area contributed by atoms with Gasteiger partial charge in [-0.2, -0.15) is 5.26 Å². The largest absolute Gasteiger partial charge is 0.508 e. The topological polar surface area (TPSA) is 70.0 Å². The lowest BCUT2D eigenvalue weighted by Crippen LogP contribution is -2.05. The molecule has 0 aliphatic heterocycles. The predicted molar refractivity (Wildman–Crippen MR) is 50.4 cm³/mol. The van der Waals surface area contributed by atoms with Crippen LogP contribution >= 0.6 is 11.6 Å². The zero-order valence-corrected chi connectivity index (χ0v) is 7.84. The maximum absolute atomic E-state index is 9.43. The van der Waals surface area contributed by atoms with Crippen LogP contribution in [-0.4, -0.2) is 5.11 Å². The Kier molecular flexibility index (Phi) is 2.76. The number of aromatic hydroxyl groups is 1. The Morgan fingerprint density at radius 2 is 2.23 bits per heavy atom. The summed E-state index contributed by atoms with van der Waals surface area (Å²) in [5, 5.41) is 18.3. The first-order chi connectivity index (χ1) is 6.06. The summed E-state index contributed by atoms with van der Waals surface area (Å²) in [6.45, 7) is 1.73. The molecular weight excluding hydrogens is 188 g/mol. The van der Waals surface area contributed by atoms with E-state index in [9.17, 15) is 5.11 Å². The van der Waals surface area contributed by atoms with Crippen molar-refractivity contribution in [2.75, 3.05) is 0 Å². The number of hydrogen-bond acceptors (Lipinski definition) is 3. The first-order valence-corrected chi connectivity index (χ1v) is 4.12. The highest BCUT2D eigenvalue weighted by Gasteiger charge is 2.10. The fraction of sp³-hybridized carbons (Fsp3) is 0.222. The van der Waals surface area contributed by atoms with Crippen LogP contribution in [0.4, 0.5) is 0 Å². The second-order valence-corrected chi connectivity index (χ2v) is 3.20. The molecule has 1 aromatic carbocycles. The van der Waals surface area contributed by atoms with Crippen LogP contribution in [-0.2, 0) is 0 Å². The quantitative estimate of drug-likeness (QED) is 0.721. The van der Waals surface area contributed by atoms with Gasteiger partial charge in [-0.25, -0.2) is 0 Å². The highest BCUT2D eigenvalue weighted by molar-refractivity contribution is 6.31. The summed E-state index contributed by atoms with van der Waals surface area (Å²) < 4.78 is 0. The van der Waals surface area contributed by atoms with Crippen LogP contribution in [0.15, 0.2) is 12.1 Å². The van der Waals surface area contributed by atoms with E-state index in [0.717, 1.165) is 0 Å². The van der Waals surface area contributed by atoms with Crippen molar-refractivity contribution < 1.29 is 5.11 Å². The maximum Gasteiger partial charge on any atom is 0.121 e. The molecule has 0 amide bonds. The molecule has 0 radical (unpaired) electrons. The Labute approximate surface area is 81.4 Å². The number of phenols is 1. The monoisotopic (exact) mass is 196 g/mol. The minimum absolute atomic E-state index is 0.0101. The molecule has 0 spiro atoms. The van der Waals surface area contributed by atoms with Crippen LogP contribution in [0.5, 0.6) is 5.75 Å². The third-order valence-corrected chi connectivity index (χ3v) is 2.04. The molecular formula is C9H9ClN2O. The lowest BCUT2D eigenvalue weighted by atomic mass is 10.1. The molecule has 1 rings (SSSR count). The standard InChI is InChI=1S/C9H9ClN2O/c1-5(12)7-3-8(10)6(4-11)2-9(7)13/h2-3,5,13H,12H2,1H3/t5-/m1/s1. The number of phenolic OH excluding ortho intramolecular Hbond substituents is 1. The van der Waals surface area contributed by atoms with Gasteiger partial charge >= 0.3 is 0 Å². The van der Waals surface area contributed by atoms with E-state index in [1.807, 2.05) is 6.07 Å². The van der Waals surface area contributed by atoms with Crippen molar-refractivity contribution in [3.8, 4) is 11.8 Å². The Hall–Kier alpha value is -1.24. The smallest absolute Gasteiger partial charge is 0.121 e. The van der Waals surface area contributed by atoms with E-state index >= 15 is 0 Å². The van der Waals surface area contributed by atoms with Crippen LogP contribution in [0.1, 0.15) is 24.1 Å². The summed E-state index contributed by atoms with van der Waals surface area (Å²) in [6, 6.07) is 4.40. The van der Waals surface area contributed by atoms with Gasteiger partial charge in [0.1, 0.15) is 11.8 Å². The molecule has 68 valence electrons. The van der Waals surface area contributed by atoms with Gasteiger partial charge < -0.3 is 10.8 Å². The summed E-state index contributed by atoms with van der Waals surface area (Å²) in [4.78, 5) is 0. The molecule has 1 aromatic rings. The van der Waals surface area contributed by atoms with E-state index in [0.29, 0.717) is 10.6 Å². The Balaban J connectivity index is 3.31. The minimum atomic E-state index is -0.301. The molecule has 1 atom stereocenters. The van der Waals surface area contributed by atoms with Gasteiger partial charge in [-0.1, -0.05) is 11.6 Å². The number of rotatable bonds is 1. The zero-order chi connectivity index (χ0) is 10.0. The van der Waals surface area contributed by atoms with Crippen molar-refractivity contribution in [1.82, 2.24) is 0 Å². The van der Waals surface area contributed by atoms with Crippen molar-refractivity contribution in [3.63, 3.8) is 0 Å². The van der Waals surface area contributed by atoms with E-state index in [2.05, 4.69) is 0 Å². The summed E-state index contributed by atoms with van der Waals surface area (Å²) in [5.41, 5.74) is 6.37. The van der Waals surface area contributed by atoms with Crippen molar-refractivity contribution in [3.05, 3.63) is 28.3 Å². The average Bonchev–Trinajstić information content (AvgIpc) is 2.07. The molecule has 0 aliphatic rings. The van der Waals surface area contributed by atoms with E-state index in [-0.39, 0.29) is 17.4 Å². The molecule has 0 heterocycles. The predicted octanol–water partition coefficient (Wildman–Crippen LogP) is 1.94. The van der Waals surface area contributed by atoms with Gasteiger partial charge in [0.25, 0.3) is 0 Å². The number of nitrogens with two attached hydrogens (primary N) is 1. The zero-order valence-electron chi connectivity index (χ0n) is 7.08. The number of hydrogen-bond donors (Lipinski definition) is 2. The van der Waals surface area contributed by atoms with E-state index in [1.54, 1.807) is 6.92 Å². The lowest BCUT2D eigenvalue weighted by Gasteiger charge is -2.09. The van der Waals surface area contributed by atoms with Crippen LogP contribution in [0.2, 0.25) is 5.02 Å². The highest BCUT2D eigenvalue weighted by atomic mass is 35.5. The fourth-order valence-corrected chi connectivity index (χ4v) is 1.24. The Bertz CT molecular complexity index is 369. The van der Waals surface area contributed by atoms with Crippen molar-refractivity contribution in [2.24, 2.45) is 5.73 Å². The van der Waals surface area contributed by atoms with Gasteiger partial charge in [0, 0.05) is 11.6 Å². The van der Waals surface area contributed by atoms with Crippen LogP contribution < -0.4 is 5.73 Å². The molecule has 3 nitrogen and oxygen atoms in total. The number of halogens is 1. The van der Waals surface area contributed by atoms with Gasteiger partial charge in [-0.3, -0.25) is 0 Å². The molecule has 0 saturated heterocycles. The van der Waals surface area contributed by atoms with Crippen LogP contribution in [0.25, 0.3) is 0 Å². The molecule has 0 aliphatic carbocycles. The van der Waals surface area contributed by atoms with Gasteiger partial charge in [0.05, 0.1) is 10.6 Å². The Morgan fingerprint density at radius 3 is 2.69 bits per heavy atom. The summed E-state index contributed by atoms with van der Waals surface area (Å²) in [5.74, 6) is 0.0101. The third kappa shape index (κ3) is 1.92. The molecule has 0 unspecified atom stereocenters. The summed E-state index contributed by atoms with van der Waals surface area (Å²) >= 11 is 5.76. The van der Waals surface area contributed by atoms with Crippen molar-refractivity contribution in [2.45, 2.75) is 13.0 Å². The third-order valence-electron chi connectivity index (χ3n) is 1.73. The van der Waals surface area contributed by atoms with Gasteiger partial charge in [-0.05, 0) is 19.1 Å². The molecule has 13 heavy (non-hydrogen) atoms. The SMILES string of the molecule is C[C@@H](N)c1cc(Cl)c(C#N)cc1O. The van der Waals surface area contributed by atoms with Gasteiger partial charge in [0.2, 0.25) is 0 Å². The molecule has 0 fully saturated rings. The maximum atomic E-state index is 9.43. The molecule has 0 aromatic heterocycles. The normalized spacial score (nSPS) is 12.2. The van der Waals surface area contributed by atoms with Crippen molar-refractivity contribution >= 4 is 11.6 Å². The van der Waals surface area contributed by atoms with E-state index in [4.69, 9.17) is 22.6 Å². The second kappa shape index (κ2) is 3.65. The first kappa shape index (κ1) is 9.85. The van der Waals surface area contributed by atoms with Crippen LogP contribution in [0, 0.1) is 11.3 Å². The van der Waals surface area contributed by atoms with E-state index < -0.39 is 0 Å². The lowest BCUT2D eigenvalue weighted by molar-refractivity contribution is 0.463. The summed E-state index contributed by atoms with van der Waals surface area (Å²) in [7, 11) is 0. The van der Waals surface area contributed by atoms with Gasteiger partial charge in [0.15, 0.2) is 0 Å². The average molecular weight is 197 g/mol. The minimum Gasteiger partial charge on any atom is -0.508 e. The molecule has 0 bridgehead atoms.